The molecule has 3 aromatic rings. The average Bonchev–Trinajstić information content (AvgIpc) is 3.04. The van der Waals surface area contributed by atoms with Crippen LogP contribution in [-0.2, 0) is 38.8 Å². The van der Waals surface area contributed by atoms with Gasteiger partial charge in [-0.3, -0.25) is 4.79 Å². The van der Waals surface area contributed by atoms with Crippen molar-refractivity contribution in [3.63, 3.8) is 0 Å². The fraction of sp³-hybridized carbons (Fsp3) is 0.472. The first-order chi connectivity index (χ1) is 20.7. The second-order valence-electron chi connectivity index (χ2n) is 11.1. The number of hydrogen-bond acceptors (Lipinski definition) is 5. The van der Waals surface area contributed by atoms with Crippen LogP contribution in [0.4, 0.5) is 0 Å². The molecule has 1 amide bonds. The van der Waals surface area contributed by atoms with Gasteiger partial charge in [-0.2, -0.15) is 0 Å². The third kappa shape index (κ3) is 10.1. The Bertz CT molecular complexity index is 1140. The largest absolute Gasteiger partial charge is 0.369 e. The number of amides is 1. The number of benzene rings is 3. The van der Waals surface area contributed by atoms with Crippen LogP contribution in [-0.4, -0.2) is 66.7 Å². The Morgan fingerprint density at radius 3 is 1.64 bits per heavy atom. The minimum absolute atomic E-state index is 0.0190. The Hall–Kier alpha value is -3.03. The molecule has 0 bridgehead atoms. The molecule has 3 atom stereocenters. The molecule has 226 valence electrons. The molecular formula is C36H48N2O4. The monoisotopic (exact) mass is 572 g/mol. The summed E-state index contributed by atoms with van der Waals surface area (Å²) < 4.78 is 19.5. The lowest BCUT2D eigenvalue weighted by molar-refractivity contribution is -0.196. The number of carbonyl (C=O) groups is 1. The fourth-order valence-corrected chi connectivity index (χ4v) is 5.30. The minimum Gasteiger partial charge on any atom is -0.369 e. The van der Waals surface area contributed by atoms with Crippen molar-refractivity contribution in [3.8, 4) is 0 Å². The van der Waals surface area contributed by atoms with Gasteiger partial charge in [0.1, 0.15) is 12.2 Å². The van der Waals surface area contributed by atoms with Crippen molar-refractivity contribution in [3.05, 3.63) is 108 Å². The quantitative estimate of drug-likeness (QED) is 0.175. The van der Waals surface area contributed by atoms with Crippen molar-refractivity contribution < 1.29 is 19.0 Å². The van der Waals surface area contributed by atoms with Gasteiger partial charge in [0.25, 0.3) is 5.91 Å². The van der Waals surface area contributed by atoms with Crippen LogP contribution in [0.15, 0.2) is 91.0 Å². The van der Waals surface area contributed by atoms with E-state index >= 15 is 0 Å². The molecule has 6 nitrogen and oxygen atoms in total. The van der Waals surface area contributed by atoms with E-state index in [0.29, 0.717) is 32.9 Å². The third-order valence-corrected chi connectivity index (χ3v) is 7.83. The van der Waals surface area contributed by atoms with Gasteiger partial charge in [0, 0.05) is 19.6 Å². The van der Waals surface area contributed by atoms with Gasteiger partial charge in [-0.25, -0.2) is 0 Å². The maximum atomic E-state index is 14.1. The highest BCUT2D eigenvalue weighted by Gasteiger charge is 2.45. The summed E-state index contributed by atoms with van der Waals surface area (Å²) in [7, 11) is 0. The van der Waals surface area contributed by atoms with Crippen molar-refractivity contribution in [2.24, 2.45) is 0 Å². The molecular weight excluding hydrogens is 524 g/mol. The van der Waals surface area contributed by atoms with E-state index in [1.807, 2.05) is 83.8 Å². The maximum Gasteiger partial charge on any atom is 0.254 e. The normalized spacial score (nSPS) is 19.0. The second-order valence-corrected chi connectivity index (χ2v) is 11.1. The van der Waals surface area contributed by atoms with Crippen LogP contribution in [0.5, 0.6) is 0 Å². The van der Waals surface area contributed by atoms with Crippen molar-refractivity contribution in [1.82, 2.24) is 9.80 Å². The van der Waals surface area contributed by atoms with Gasteiger partial charge in [0.15, 0.2) is 6.10 Å². The first-order valence-corrected chi connectivity index (χ1v) is 15.7. The smallest absolute Gasteiger partial charge is 0.254 e. The van der Waals surface area contributed by atoms with Crippen molar-refractivity contribution >= 4 is 5.91 Å². The molecule has 0 saturated carbocycles. The molecule has 0 aliphatic carbocycles. The summed E-state index contributed by atoms with van der Waals surface area (Å²) in [5, 5.41) is 0. The van der Waals surface area contributed by atoms with E-state index < -0.39 is 12.2 Å². The van der Waals surface area contributed by atoms with Crippen LogP contribution in [0, 0.1) is 0 Å². The topological polar surface area (TPSA) is 51.2 Å². The number of likely N-dealkylation sites (tertiary alicyclic amines) is 1. The predicted octanol–water partition coefficient (Wildman–Crippen LogP) is 6.49. The molecule has 1 aliphatic heterocycles. The molecule has 3 aromatic carbocycles. The van der Waals surface area contributed by atoms with E-state index in [-0.39, 0.29) is 12.0 Å². The van der Waals surface area contributed by atoms with Crippen LogP contribution in [0.3, 0.4) is 0 Å². The maximum absolute atomic E-state index is 14.1. The summed E-state index contributed by atoms with van der Waals surface area (Å²) in [5.74, 6) is -0.0190. The van der Waals surface area contributed by atoms with Crippen LogP contribution in [0.25, 0.3) is 0 Å². The first-order valence-electron chi connectivity index (χ1n) is 15.7. The van der Waals surface area contributed by atoms with Crippen molar-refractivity contribution in [2.75, 3.05) is 32.7 Å². The number of nitrogens with zero attached hydrogens (tertiary/aromatic N) is 2. The SMILES string of the molecule is CCCCN(CCCC)CCN1C[C@H](OCc2ccccc2)[C@@H](OCc2ccccc2)[C@H](OCc2ccccc2)C1=O. The highest BCUT2D eigenvalue weighted by molar-refractivity contribution is 5.83. The first kappa shape index (κ1) is 31.9. The van der Waals surface area contributed by atoms with E-state index in [1.165, 1.54) is 12.8 Å². The van der Waals surface area contributed by atoms with E-state index in [2.05, 4.69) is 30.9 Å². The summed E-state index contributed by atoms with van der Waals surface area (Å²) in [6.45, 7) is 9.71. The van der Waals surface area contributed by atoms with Gasteiger partial charge in [0.2, 0.25) is 0 Å². The van der Waals surface area contributed by atoms with E-state index in [9.17, 15) is 4.79 Å². The number of piperidine rings is 1. The molecule has 1 fully saturated rings. The lowest BCUT2D eigenvalue weighted by Crippen LogP contribution is -2.62. The standard InChI is InChI=1S/C36H48N2O4/c1-3-5-22-37(23-6-4-2)24-25-38-26-33(40-27-30-16-10-7-11-17-30)34(41-28-31-18-12-8-13-19-31)35(36(38)39)42-29-32-20-14-9-15-21-32/h7-21,33-35H,3-6,22-29H2,1-2H3/t33-,34+,35-/m0/s1. The van der Waals surface area contributed by atoms with Gasteiger partial charge in [-0.15, -0.1) is 0 Å². The molecule has 1 aliphatic rings. The molecule has 0 spiro atoms. The Morgan fingerprint density at radius 2 is 1.14 bits per heavy atom. The molecule has 4 rings (SSSR count). The molecule has 0 N–H and O–H groups in total. The van der Waals surface area contributed by atoms with Crippen LogP contribution in [0.2, 0.25) is 0 Å². The highest BCUT2D eigenvalue weighted by Crippen LogP contribution is 2.25. The summed E-state index contributed by atoms with van der Waals surface area (Å²) >= 11 is 0. The number of carbonyl (C=O) groups excluding carboxylic acids is 1. The molecule has 0 aromatic heterocycles. The lowest BCUT2D eigenvalue weighted by Gasteiger charge is -2.43. The summed E-state index contributed by atoms with van der Waals surface area (Å²) in [6, 6.07) is 30.3. The van der Waals surface area contributed by atoms with E-state index in [0.717, 1.165) is 49.2 Å². The third-order valence-electron chi connectivity index (χ3n) is 7.83. The second kappa shape index (κ2) is 17.8. The summed E-state index contributed by atoms with van der Waals surface area (Å²) in [5.41, 5.74) is 3.17. The Labute approximate surface area is 252 Å². The van der Waals surface area contributed by atoms with Crippen LogP contribution >= 0.6 is 0 Å². The molecule has 1 heterocycles. The zero-order chi connectivity index (χ0) is 29.4. The van der Waals surface area contributed by atoms with Crippen LogP contribution < -0.4 is 0 Å². The number of ether oxygens (including phenoxy) is 3. The Kier molecular flexibility index (Phi) is 13.5. The van der Waals surface area contributed by atoms with E-state index in [4.69, 9.17) is 14.2 Å². The van der Waals surface area contributed by atoms with E-state index in [1.54, 1.807) is 0 Å². The Balaban J connectivity index is 1.54. The van der Waals surface area contributed by atoms with Crippen LogP contribution in [0.1, 0.15) is 56.2 Å². The summed E-state index contributed by atoms with van der Waals surface area (Å²) in [4.78, 5) is 18.5. The van der Waals surface area contributed by atoms with Gasteiger partial charge in [0.05, 0.1) is 19.8 Å². The molecule has 0 unspecified atom stereocenters. The zero-order valence-electron chi connectivity index (χ0n) is 25.4. The number of hydrogen-bond donors (Lipinski definition) is 0. The van der Waals surface area contributed by atoms with Crippen molar-refractivity contribution in [2.45, 2.75) is 77.7 Å². The zero-order valence-corrected chi connectivity index (χ0v) is 25.4. The van der Waals surface area contributed by atoms with Gasteiger partial charge in [-0.1, -0.05) is 118 Å². The molecule has 6 heteroatoms. The van der Waals surface area contributed by atoms with Gasteiger partial charge in [-0.05, 0) is 42.6 Å². The summed E-state index contributed by atoms with van der Waals surface area (Å²) in [6.07, 6.45) is 3.04. The molecule has 42 heavy (non-hydrogen) atoms. The van der Waals surface area contributed by atoms with Crippen molar-refractivity contribution in [1.29, 1.82) is 0 Å². The fourth-order valence-electron chi connectivity index (χ4n) is 5.30. The average molecular weight is 573 g/mol. The predicted molar refractivity (Wildman–Crippen MR) is 168 cm³/mol. The number of rotatable bonds is 18. The molecule has 1 saturated heterocycles. The number of unbranched alkanes of at least 4 members (excludes halogenated alkanes) is 2. The molecule has 0 radical (unpaired) electrons. The lowest BCUT2D eigenvalue weighted by atomic mass is 9.99. The minimum atomic E-state index is -0.761. The highest BCUT2D eigenvalue weighted by atomic mass is 16.6. The van der Waals surface area contributed by atoms with Gasteiger partial charge < -0.3 is 24.0 Å². The Morgan fingerprint density at radius 1 is 0.667 bits per heavy atom. The van der Waals surface area contributed by atoms with Gasteiger partial charge >= 0.3 is 0 Å².